The van der Waals surface area contributed by atoms with Crippen LogP contribution in [0.1, 0.15) is 62.0 Å². The van der Waals surface area contributed by atoms with E-state index in [0.29, 0.717) is 28.8 Å². The van der Waals surface area contributed by atoms with Gasteiger partial charge in [0.25, 0.3) is 5.91 Å². The van der Waals surface area contributed by atoms with E-state index in [1.165, 1.54) is 6.33 Å². The van der Waals surface area contributed by atoms with Crippen LogP contribution in [0, 0.1) is 0 Å². The largest absolute Gasteiger partial charge is 0.383 e. The van der Waals surface area contributed by atoms with Gasteiger partial charge < -0.3 is 16.4 Å². The van der Waals surface area contributed by atoms with Gasteiger partial charge in [0.1, 0.15) is 23.7 Å². The first-order valence-electron chi connectivity index (χ1n) is 12.1. The average Bonchev–Trinajstić information content (AvgIpc) is 3.54. The minimum atomic E-state index is -0.217. The summed E-state index contributed by atoms with van der Waals surface area (Å²) in [5.41, 5.74) is 10.2. The minimum Gasteiger partial charge on any atom is -0.383 e. The zero-order valence-electron chi connectivity index (χ0n) is 20.6. The first-order chi connectivity index (χ1) is 17.0. The smallest absolute Gasteiger partial charge is 0.256 e. The first kappa shape index (κ1) is 24.3. The molecule has 35 heavy (non-hydrogen) atoms. The molecule has 0 aliphatic carbocycles. The summed E-state index contributed by atoms with van der Waals surface area (Å²) >= 11 is 0. The van der Waals surface area contributed by atoms with Gasteiger partial charge in [0.2, 0.25) is 0 Å². The molecular formula is C26H32N8O. The van der Waals surface area contributed by atoms with E-state index in [0.717, 1.165) is 41.7 Å². The summed E-state index contributed by atoms with van der Waals surface area (Å²) in [6.07, 6.45) is 4.16. The lowest BCUT2D eigenvalue weighted by Gasteiger charge is -2.09. The Morgan fingerprint density at radius 3 is 2.60 bits per heavy atom. The van der Waals surface area contributed by atoms with Crippen molar-refractivity contribution < 1.29 is 4.79 Å². The number of rotatable bonds is 5. The number of amides is 1. The van der Waals surface area contributed by atoms with Gasteiger partial charge in [-0.15, -0.1) is 0 Å². The van der Waals surface area contributed by atoms with Crippen molar-refractivity contribution in [2.45, 2.75) is 46.1 Å². The van der Waals surface area contributed by atoms with E-state index in [1.807, 2.05) is 42.8 Å². The fraction of sp³-hybridized carbons (Fsp3) is 0.346. The van der Waals surface area contributed by atoms with Crippen molar-refractivity contribution >= 4 is 28.6 Å². The maximum absolute atomic E-state index is 12.8. The maximum Gasteiger partial charge on any atom is 0.256 e. The van der Waals surface area contributed by atoms with Crippen LogP contribution in [0.3, 0.4) is 0 Å². The number of fused-ring (bicyclic) bond motifs is 1. The topological polar surface area (TPSA) is 124 Å². The highest BCUT2D eigenvalue weighted by molar-refractivity contribution is 6.04. The average molecular weight is 473 g/mol. The van der Waals surface area contributed by atoms with E-state index in [4.69, 9.17) is 10.8 Å². The van der Waals surface area contributed by atoms with Crippen LogP contribution in [0.2, 0.25) is 0 Å². The Balaban J connectivity index is 0.00000141. The molecule has 9 heteroatoms. The fourth-order valence-electron chi connectivity index (χ4n) is 4.14. The number of nitrogens with one attached hydrogen (secondary N) is 2. The number of pyridine rings is 1. The molecule has 1 atom stereocenters. The molecule has 182 valence electrons. The van der Waals surface area contributed by atoms with Gasteiger partial charge in [-0.2, -0.15) is 5.10 Å². The van der Waals surface area contributed by atoms with Crippen LogP contribution >= 0.6 is 0 Å². The molecule has 1 aromatic carbocycles. The predicted molar refractivity (Wildman–Crippen MR) is 139 cm³/mol. The number of anilines is 2. The summed E-state index contributed by atoms with van der Waals surface area (Å²) in [5, 5.41) is 11.8. The molecular weight excluding hydrogens is 440 g/mol. The molecule has 1 unspecified atom stereocenters. The highest BCUT2D eigenvalue weighted by Gasteiger charge is 2.24. The van der Waals surface area contributed by atoms with Gasteiger partial charge >= 0.3 is 0 Å². The molecule has 4 aromatic rings. The second-order valence-corrected chi connectivity index (χ2v) is 8.56. The van der Waals surface area contributed by atoms with Gasteiger partial charge in [0.15, 0.2) is 5.65 Å². The van der Waals surface area contributed by atoms with E-state index in [1.54, 1.807) is 18.3 Å². The summed E-state index contributed by atoms with van der Waals surface area (Å²) in [5.74, 6) is 1.07. The first-order valence-corrected chi connectivity index (χ1v) is 12.1. The van der Waals surface area contributed by atoms with E-state index >= 15 is 0 Å². The number of hydrogen-bond acceptors (Lipinski definition) is 7. The molecule has 1 saturated heterocycles. The van der Waals surface area contributed by atoms with Crippen LogP contribution in [0.4, 0.5) is 11.6 Å². The Morgan fingerprint density at radius 2 is 1.91 bits per heavy atom. The quantitative estimate of drug-likeness (QED) is 0.393. The van der Waals surface area contributed by atoms with Crippen LogP contribution in [0.25, 0.3) is 22.3 Å². The van der Waals surface area contributed by atoms with Crippen LogP contribution in [0.15, 0.2) is 48.9 Å². The highest BCUT2D eigenvalue weighted by atomic mass is 16.1. The van der Waals surface area contributed by atoms with Crippen LogP contribution < -0.4 is 16.4 Å². The Hall–Kier alpha value is -3.85. The van der Waals surface area contributed by atoms with Crippen molar-refractivity contribution in [3.63, 3.8) is 0 Å². The second kappa shape index (κ2) is 10.6. The lowest BCUT2D eigenvalue weighted by molar-refractivity contribution is 0.102. The van der Waals surface area contributed by atoms with Crippen molar-refractivity contribution in [2.24, 2.45) is 0 Å². The lowest BCUT2D eigenvalue weighted by atomic mass is 10.0. The standard InChI is InChI=1S/C24H26N8O.C2H6/c1-14(2)17-7-10-27-19(11-17)30-24(33)16-5-3-15(4-6-16)21-20-22(25)28-13-29-23(20)32(31-21)18-8-9-26-12-18;1-2/h3-7,10-11,13-14,18,26H,8-9,12H2,1-2H3,(H2,25,28,29)(H,27,30,33);1-2H3. The molecule has 5 rings (SSSR count). The Kier molecular flexibility index (Phi) is 7.36. The third-order valence-electron chi connectivity index (χ3n) is 6.01. The molecule has 3 aromatic heterocycles. The number of nitrogen functional groups attached to an aromatic ring is 1. The summed E-state index contributed by atoms with van der Waals surface area (Å²) in [6, 6.07) is 11.4. The number of hydrogen-bond donors (Lipinski definition) is 3. The molecule has 4 N–H and O–H groups in total. The van der Waals surface area contributed by atoms with E-state index in [-0.39, 0.29) is 11.9 Å². The predicted octanol–water partition coefficient (Wildman–Crippen LogP) is 4.41. The van der Waals surface area contributed by atoms with Gasteiger partial charge in [-0.05, 0) is 48.7 Å². The molecule has 1 aliphatic heterocycles. The summed E-state index contributed by atoms with van der Waals surface area (Å²) < 4.78 is 1.94. The zero-order valence-corrected chi connectivity index (χ0v) is 20.6. The number of nitrogens with zero attached hydrogens (tertiary/aromatic N) is 5. The van der Waals surface area contributed by atoms with E-state index < -0.39 is 0 Å². The Bertz CT molecular complexity index is 1310. The molecule has 4 heterocycles. The molecule has 9 nitrogen and oxygen atoms in total. The fourth-order valence-corrected chi connectivity index (χ4v) is 4.14. The molecule has 0 spiro atoms. The van der Waals surface area contributed by atoms with Gasteiger partial charge in [0, 0.05) is 23.9 Å². The van der Waals surface area contributed by atoms with E-state index in [9.17, 15) is 4.79 Å². The normalized spacial score (nSPS) is 15.2. The summed E-state index contributed by atoms with van der Waals surface area (Å²) in [7, 11) is 0. The van der Waals surface area contributed by atoms with Crippen molar-refractivity contribution in [3.05, 3.63) is 60.0 Å². The molecule has 0 saturated carbocycles. The molecule has 0 bridgehead atoms. The Morgan fingerprint density at radius 1 is 1.14 bits per heavy atom. The molecule has 1 fully saturated rings. The van der Waals surface area contributed by atoms with E-state index in [2.05, 4.69) is 39.4 Å². The summed E-state index contributed by atoms with van der Waals surface area (Å²) in [4.78, 5) is 25.7. The number of aromatic nitrogens is 5. The van der Waals surface area contributed by atoms with Gasteiger partial charge in [-0.1, -0.05) is 39.8 Å². The SMILES string of the molecule is CC.CC(C)c1ccnc(NC(=O)c2ccc(-c3nn(C4CCNC4)c4ncnc(N)c34)cc2)c1. The second-order valence-electron chi connectivity index (χ2n) is 8.56. The Labute approximate surface area is 205 Å². The van der Waals surface area contributed by atoms with Gasteiger partial charge in [-0.3, -0.25) is 4.79 Å². The summed E-state index contributed by atoms with van der Waals surface area (Å²) in [6.45, 7) is 9.99. The van der Waals surface area contributed by atoms with Crippen LogP contribution in [-0.2, 0) is 0 Å². The van der Waals surface area contributed by atoms with Crippen molar-refractivity contribution in [1.29, 1.82) is 0 Å². The van der Waals surface area contributed by atoms with Crippen molar-refractivity contribution in [1.82, 2.24) is 30.0 Å². The van der Waals surface area contributed by atoms with Gasteiger partial charge in [-0.25, -0.2) is 19.6 Å². The van der Waals surface area contributed by atoms with Crippen molar-refractivity contribution in [2.75, 3.05) is 24.1 Å². The number of carbonyl (C=O) groups excluding carboxylic acids is 1. The lowest BCUT2D eigenvalue weighted by Crippen LogP contribution is -2.15. The number of nitrogens with two attached hydrogens (primary N) is 1. The minimum absolute atomic E-state index is 0.217. The monoisotopic (exact) mass is 472 g/mol. The maximum atomic E-state index is 12.8. The number of benzene rings is 1. The highest BCUT2D eigenvalue weighted by Crippen LogP contribution is 2.32. The van der Waals surface area contributed by atoms with Gasteiger partial charge in [0.05, 0.1) is 11.4 Å². The zero-order chi connectivity index (χ0) is 24.9. The third kappa shape index (κ3) is 5.00. The third-order valence-corrected chi connectivity index (χ3v) is 6.01. The number of carbonyl (C=O) groups is 1. The molecule has 0 radical (unpaired) electrons. The van der Waals surface area contributed by atoms with Crippen molar-refractivity contribution in [3.8, 4) is 11.3 Å². The molecule has 1 amide bonds. The van der Waals surface area contributed by atoms with Crippen LogP contribution in [-0.4, -0.2) is 43.7 Å². The van der Waals surface area contributed by atoms with Crippen LogP contribution in [0.5, 0.6) is 0 Å². The molecule has 1 aliphatic rings.